The Morgan fingerprint density at radius 3 is 2.56 bits per heavy atom. The molecule has 5 unspecified atom stereocenters. The molecule has 0 radical (unpaired) electrons. The first kappa shape index (κ1) is 14.3. The van der Waals surface area contributed by atoms with E-state index in [1.165, 1.54) is 32.1 Å². The molecule has 2 aliphatic rings. The van der Waals surface area contributed by atoms with Crippen LogP contribution in [0.1, 0.15) is 66.2 Å². The van der Waals surface area contributed by atoms with Crippen molar-refractivity contribution in [3.05, 3.63) is 0 Å². The Bertz CT molecular complexity index is 268. The topological polar surface area (TPSA) is 21.3 Å². The van der Waals surface area contributed by atoms with Crippen LogP contribution in [-0.2, 0) is 4.74 Å². The molecule has 2 rings (SSSR count). The number of hydrogen-bond donors (Lipinski definition) is 1. The quantitative estimate of drug-likeness (QED) is 0.827. The third-order valence-corrected chi connectivity index (χ3v) is 5.41. The van der Waals surface area contributed by atoms with Crippen LogP contribution < -0.4 is 5.32 Å². The molecule has 1 heterocycles. The lowest BCUT2D eigenvalue weighted by Crippen LogP contribution is -2.49. The highest BCUT2D eigenvalue weighted by Gasteiger charge is 2.33. The van der Waals surface area contributed by atoms with Crippen LogP contribution in [-0.4, -0.2) is 24.3 Å². The van der Waals surface area contributed by atoms with E-state index in [0.717, 1.165) is 30.9 Å². The summed E-state index contributed by atoms with van der Waals surface area (Å²) in [6, 6.07) is 1.43. The lowest BCUT2D eigenvalue weighted by atomic mass is 9.78. The van der Waals surface area contributed by atoms with E-state index in [1.807, 2.05) is 0 Å². The molecule has 2 heteroatoms. The van der Waals surface area contributed by atoms with Crippen molar-refractivity contribution in [2.75, 3.05) is 6.61 Å². The predicted molar refractivity (Wildman–Crippen MR) is 76.8 cm³/mol. The SMILES string of the molecule is CCC1(C)CC(NC2CCC(C)C(C)C2)CCO1. The Balaban J connectivity index is 1.82. The Morgan fingerprint density at radius 1 is 1.11 bits per heavy atom. The molecule has 0 aromatic carbocycles. The van der Waals surface area contributed by atoms with Gasteiger partial charge in [-0.05, 0) is 57.3 Å². The lowest BCUT2D eigenvalue weighted by Gasteiger charge is -2.41. The highest BCUT2D eigenvalue weighted by atomic mass is 16.5. The highest BCUT2D eigenvalue weighted by Crippen LogP contribution is 2.32. The molecular weight excluding hydrogens is 222 g/mol. The molecule has 0 aromatic rings. The van der Waals surface area contributed by atoms with Gasteiger partial charge in [0.05, 0.1) is 5.60 Å². The van der Waals surface area contributed by atoms with Crippen LogP contribution in [0.15, 0.2) is 0 Å². The second-order valence-electron chi connectivity index (χ2n) is 6.97. The van der Waals surface area contributed by atoms with E-state index < -0.39 is 0 Å². The maximum atomic E-state index is 5.93. The summed E-state index contributed by atoms with van der Waals surface area (Å²) in [6.07, 6.45) is 7.63. The molecule has 1 aliphatic heterocycles. The van der Waals surface area contributed by atoms with Gasteiger partial charge in [-0.1, -0.05) is 20.8 Å². The van der Waals surface area contributed by atoms with Gasteiger partial charge in [0.25, 0.3) is 0 Å². The van der Waals surface area contributed by atoms with E-state index in [1.54, 1.807) is 0 Å². The van der Waals surface area contributed by atoms with E-state index >= 15 is 0 Å². The predicted octanol–water partition coefficient (Wildman–Crippen LogP) is 3.75. The fourth-order valence-corrected chi connectivity index (χ4v) is 3.55. The van der Waals surface area contributed by atoms with Gasteiger partial charge in [-0.25, -0.2) is 0 Å². The minimum absolute atomic E-state index is 0.115. The smallest absolute Gasteiger partial charge is 0.0666 e. The molecule has 0 aromatic heterocycles. The first-order valence-corrected chi connectivity index (χ1v) is 7.92. The zero-order valence-corrected chi connectivity index (χ0v) is 12.7. The molecule has 2 fully saturated rings. The molecule has 106 valence electrons. The minimum Gasteiger partial charge on any atom is -0.375 e. The van der Waals surface area contributed by atoms with Gasteiger partial charge in [0.15, 0.2) is 0 Å². The number of rotatable bonds is 3. The summed E-state index contributed by atoms with van der Waals surface area (Å²) >= 11 is 0. The van der Waals surface area contributed by atoms with Crippen molar-refractivity contribution in [2.45, 2.75) is 83.9 Å². The molecule has 18 heavy (non-hydrogen) atoms. The minimum atomic E-state index is 0.115. The summed E-state index contributed by atoms with van der Waals surface area (Å²) in [5.41, 5.74) is 0.115. The van der Waals surface area contributed by atoms with Gasteiger partial charge in [-0.15, -0.1) is 0 Å². The van der Waals surface area contributed by atoms with Gasteiger partial charge in [0.2, 0.25) is 0 Å². The molecule has 2 nitrogen and oxygen atoms in total. The van der Waals surface area contributed by atoms with Crippen molar-refractivity contribution in [3.63, 3.8) is 0 Å². The Morgan fingerprint density at radius 2 is 1.89 bits per heavy atom. The molecule has 1 saturated heterocycles. The zero-order valence-electron chi connectivity index (χ0n) is 12.7. The second-order valence-corrected chi connectivity index (χ2v) is 6.97. The largest absolute Gasteiger partial charge is 0.375 e. The highest BCUT2D eigenvalue weighted by molar-refractivity contribution is 4.89. The summed E-state index contributed by atoms with van der Waals surface area (Å²) in [4.78, 5) is 0. The zero-order chi connectivity index (χ0) is 13.2. The monoisotopic (exact) mass is 253 g/mol. The average molecular weight is 253 g/mol. The number of nitrogens with one attached hydrogen (secondary N) is 1. The fourth-order valence-electron chi connectivity index (χ4n) is 3.55. The van der Waals surface area contributed by atoms with Gasteiger partial charge in [-0.3, -0.25) is 0 Å². The van der Waals surface area contributed by atoms with E-state index in [2.05, 4.69) is 33.0 Å². The summed E-state index contributed by atoms with van der Waals surface area (Å²) < 4.78 is 5.93. The first-order chi connectivity index (χ1) is 8.52. The van der Waals surface area contributed by atoms with Crippen LogP contribution in [0, 0.1) is 11.8 Å². The third kappa shape index (κ3) is 3.48. The van der Waals surface area contributed by atoms with Crippen molar-refractivity contribution >= 4 is 0 Å². The Kier molecular flexibility index (Phi) is 4.71. The molecule has 1 N–H and O–H groups in total. The van der Waals surface area contributed by atoms with Crippen LogP contribution in [0.2, 0.25) is 0 Å². The van der Waals surface area contributed by atoms with Crippen molar-refractivity contribution < 1.29 is 4.74 Å². The van der Waals surface area contributed by atoms with Crippen LogP contribution in [0.4, 0.5) is 0 Å². The molecule has 1 saturated carbocycles. The molecule has 5 atom stereocenters. The number of ether oxygens (including phenoxy) is 1. The Labute approximate surface area is 113 Å². The van der Waals surface area contributed by atoms with Crippen LogP contribution in [0.25, 0.3) is 0 Å². The summed E-state index contributed by atoms with van der Waals surface area (Å²) in [6.45, 7) is 10.3. The maximum Gasteiger partial charge on any atom is 0.0666 e. The number of hydrogen-bond acceptors (Lipinski definition) is 2. The average Bonchev–Trinajstić information content (AvgIpc) is 2.34. The van der Waals surface area contributed by atoms with E-state index in [-0.39, 0.29) is 5.60 Å². The van der Waals surface area contributed by atoms with Crippen molar-refractivity contribution in [2.24, 2.45) is 11.8 Å². The standard InChI is InChI=1S/C16H31NO/c1-5-16(4)11-15(8-9-18-16)17-14-7-6-12(2)13(3)10-14/h12-15,17H,5-11H2,1-4H3. The lowest BCUT2D eigenvalue weighted by molar-refractivity contribution is -0.0798. The van der Waals surface area contributed by atoms with Crippen LogP contribution in [0.3, 0.4) is 0 Å². The Hall–Kier alpha value is -0.0800. The summed E-state index contributed by atoms with van der Waals surface area (Å²) in [5.74, 6) is 1.80. The summed E-state index contributed by atoms with van der Waals surface area (Å²) in [7, 11) is 0. The third-order valence-electron chi connectivity index (χ3n) is 5.41. The van der Waals surface area contributed by atoms with Gasteiger partial charge in [0, 0.05) is 18.7 Å². The van der Waals surface area contributed by atoms with Crippen molar-refractivity contribution in [3.8, 4) is 0 Å². The fraction of sp³-hybridized carbons (Fsp3) is 1.00. The van der Waals surface area contributed by atoms with Crippen molar-refractivity contribution in [1.82, 2.24) is 5.32 Å². The van der Waals surface area contributed by atoms with Gasteiger partial charge in [0.1, 0.15) is 0 Å². The van der Waals surface area contributed by atoms with Gasteiger partial charge in [-0.2, -0.15) is 0 Å². The molecule has 0 spiro atoms. The van der Waals surface area contributed by atoms with Gasteiger partial charge >= 0.3 is 0 Å². The van der Waals surface area contributed by atoms with Crippen LogP contribution in [0.5, 0.6) is 0 Å². The van der Waals surface area contributed by atoms with Gasteiger partial charge < -0.3 is 10.1 Å². The summed E-state index contributed by atoms with van der Waals surface area (Å²) in [5, 5.41) is 3.92. The van der Waals surface area contributed by atoms with Crippen molar-refractivity contribution in [1.29, 1.82) is 0 Å². The van der Waals surface area contributed by atoms with E-state index in [4.69, 9.17) is 4.74 Å². The maximum absolute atomic E-state index is 5.93. The first-order valence-electron chi connectivity index (χ1n) is 7.92. The molecule has 1 aliphatic carbocycles. The van der Waals surface area contributed by atoms with E-state index in [9.17, 15) is 0 Å². The second kappa shape index (κ2) is 5.92. The van der Waals surface area contributed by atoms with Crippen LogP contribution >= 0.6 is 0 Å². The molecule has 0 bridgehead atoms. The van der Waals surface area contributed by atoms with E-state index in [0.29, 0.717) is 6.04 Å². The molecular formula is C16H31NO. The normalized spacial score (nSPS) is 46.0. The molecule has 0 amide bonds.